The van der Waals surface area contributed by atoms with Gasteiger partial charge >= 0.3 is 0 Å². The number of carbonyl (C=O) groups excluding carboxylic acids is 1. The molecule has 0 bridgehead atoms. The minimum absolute atomic E-state index is 0.392. The quantitative estimate of drug-likeness (QED) is 0.808. The zero-order chi connectivity index (χ0) is 21.0. The van der Waals surface area contributed by atoms with Crippen molar-refractivity contribution in [1.29, 1.82) is 0 Å². The van der Waals surface area contributed by atoms with Crippen LogP contribution in [0.5, 0.6) is 11.5 Å². The highest BCUT2D eigenvalue weighted by molar-refractivity contribution is 5.96. The van der Waals surface area contributed by atoms with Gasteiger partial charge in [0.2, 0.25) is 0 Å². The first-order valence-electron chi connectivity index (χ1n) is 9.52. The summed E-state index contributed by atoms with van der Waals surface area (Å²) >= 11 is 0. The van der Waals surface area contributed by atoms with Gasteiger partial charge in [0.25, 0.3) is 5.91 Å². The molecule has 0 radical (unpaired) electrons. The normalized spacial score (nSPS) is 34.2. The molecule has 0 unspecified atom stereocenters. The number of amides is 1. The van der Waals surface area contributed by atoms with Gasteiger partial charge in [-0.25, -0.2) is 0 Å². The molecule has 1 N–H and O–H groups in total. The molecular formula is C20H27NO8. The average molecular weight is 409 g/mol. The molecule has 3 heterocycles. The first-order chi connectivity index (χ1) is 13.6. The van der Waals surface area contributed by atoms with Gasteiger partial charge in [-0.05, 0) is 39.8 Å². The van der Waals surface area contributed by atoms with Gasteiger partial charge in [0.05, 0.1) is 19.9 Å². The summed E-state index contributed by atoms with van der Waals surface area (Å²) in [7, 11) is 3.08. The average Bonchev–Trinajstić information content (AvgIpc) is 3.14. The van der Waals surface area contributed by atoms with Crippen LogP contribution in [0.4, 0.5) is 5.69 Å². The molecule has 0 saturated carbocycles. The Kier molecular flexibility index (Phi) is 4.99. The summed E-state index contributed by atoms with van der Waals surface area (Å²) < 4.78 is 40.3. The van der Waals surface area contributed by atoms with E-state index in [9.17, 15) is 4.79 Å². The summed E-state index contributed by atoms with van der Waals surface area (Å²) in [5.41, 5.74) is 0.489. The van der Waals surface area contributed by atoms with Crippen LogP contribution in [-0.4, -0.2) is 62.4 Å². The highest BCUT2D eigenvalue weighted by atomic mass is 16.9. The summed E-state index contributed by atoms with van der Waals surface area (Å²) in [6, 6.07) is 5.12. The molecule has 5 atom stereocenters. The monoisotopic (exact) mass is 409 g/mol. The van der Waals surface area contributed by atoms with Crippen LogP contribution in [0.2, 0.25) is 0 Å². The fraction of sp³-hybridized carbons (Fsp3) is 0.650. The Hall–Kier alpha value is -1.91. The number of methoxy groups -OCH3 is 2. The maximum atomic E-state index is 13.1. The highest BCUT2D eigenvalue weighted by Gasteiger charge is 2.62. The molecule has 9 heteroatoms. The number of anilines is 1. The Balaban J connectivity index is 1.58. The number of carbonyl (C=O) groups is 1. The van der Waals surface area contributed by atoms with E-state index in [1.165, 1.54) is 7.11 Å². The van der Waals surface area contributed by atoms with Gasteiger partial charge < -0.3 is 38.5 Å². The maximum Gasteiger partial charge on any atom is 0.256 e. The Bertz CT molecular complexity index is 795. The van der Waals surface area contributed by atoms with E-state index in [4.69, 9.17) is 33.2 Å². The minimum Gasteiger partial charge on any atom is -0.497 e. The Morgan fingerprint density at radius 3 is 2.28 bits per heavy atom. The molecule has 3 aliphatic heterocycles. The van der Waals surface area contributed by atoms with Crippen molar-refractivity contribution in [2.45, 2.75) is 70.0 Å². The van der Waals surface area contributed by atoms with Crippen molar-refractivity contribution in [3.05, 3.63) is 18.2 Å². The van der Waals surface area contributed by atoms with Crippen molar-refractivity contribution in [2.24, 2.45) is 0 Å². The van der Waals surface area contributed by atoms with Crippen LogP contribution in [0, 0.1) is 0 Å². The van der Waals surface area contributed by atoms with Crippen LogP contribution in [0.3, 0.4) is 0 Å². The van der Waals surface area contributed by atoms with Crippen molar-refractivity contribution in [2.75, 3.05) is 19.5 Å². The van der Waals surface area contributed by atoms with Gasteiger partial charge in [-0.15, -0.1) is 0 Å². The van der Waals surface area contributed by atoms with Crippen LogP contribution < -0.4 is 14.8 Å². The number of rotatable bonds is 4. The first kappa shape index (κ1) is 20.4. The van der Waals surface area contributed by atoms with Crippen LogP contribution in [0.25, 0.3) is 0 Å². The van der Waals surface area contributed by atoms with Crippen LogP contribution in [0.1, 0.15) is 27.7 Å². The molecule has 3 fully saturated rings. The third kappa shape index (κ3) is 3.80. The number of ether oxygens (including phenoxy) is 7. The molecule has 0 aliphatic carbocycles. The van der Waals surface area contributed by atoms with Crippen LogP contribution in [0.15, 0.2) is 18.2 Å². The van der Waals surface area contributed by atoms with E-state index in [2.05, 4.69) is 5.32 Å². The summed E-state index contributed by atoms with van der Waals surface area (Å²) in [6.07, 6.45) is -3.33. The second kappa shape index (κ2) is 7.10. The van der Waals surface area contributed by atoms with E-state index in [-0.39, 0.29) is 0 Å². The summed E-state index contributed by atoms with van der Waals surface area (Å²) in [5, 5.41) is 2.85. The molecule has 1 aromatic rings. The fourth-order valence-electron chi connectivity index (χ4n) is 3.93. The van der Waals surface area contributed by atoms with Gasteiger partial charge in [-0.2, -0.15) is 0 Å². The van der Waals surface area contributed by atoms with E-state index in [1.807, 2.05) is 0 Å². The zero-order valence-corrected chi connectivity index (χ0v) is 17.4. The zero-order valence-electron chi connectivity index (χ0n) is 17.4. The molecule has 160 valence electrons. The molecule has 9 nitrogen and oxygen atoms in total. The number of hydrogen-bond donors (Lipinski definition) is 1. The maximum absolute atomic E-state index is 13.1. The second-order valence-electron chi connectivity index (χ2n) is 8.15. The number of nitrogens with one attached hydrogen (secondary N) is 1. The smallest absolute Gasteiger partial charge is 0.256 e. The Labute approximate surface area is 169 Å². The lowest BCUT2D eigenvalue weighted by molar-refractivity contribution is -0.229. The standard InChI is InChI=1S/C20H27NO8/c1-19(2)26-13-14(27-19)16-18(29-20(3,4)28-16)25-15(13)17(22)21-11-8-7-10(23-5)9-12(11)24-6/h7-9,13-16,18H,1-6H3,(H,21,22)/t13-,14-,15+,16+,18-/m0/s1. The lowest BCUT2D eigenvalue weighted by Gasteiger charge is -2.36. The molecule has 1 amide bonds. The van der Waals surface area contributed by atoms with Gasteiger partial charge in [0.1, 0.15) is 29.8 Å². The van der Waals surface area contributed by atoms with Gasteiger partial charge in [-0.1, -0.05) is 0 Å². The van der Waals surface area contributed by atoms with Gasteiger partial charge in [0, 0.05) is 6.07 Å². The van der Waals surface area contributed by atoms with Crippen LogP contribution in [-0.2, 0) is 28.5 Å². The SMILES string of the molecule is COc1ccc(NC(=O)[C@@H]2O[C@H]3OC(C)(C)O[C@@H]3[C@H]3OC(C)(C)O[C@@H]32)c(OC)c1. The number of fused-ring (bicyclic) bond motifs is 3. The predicted octanol–water partition coefficient (Wildman–Crippen LogP) is 2.04. The minimum atomic E-state index is -0.952. The molecule has 29 heavy (non-hydrogen) atoms. The summed E-state index contributed by atoms with van der Waals surface area (Å²) in [6.45, 7) is 7.18. The van der Waals surface area contributed by atoms with E-state index < -0.39 is 48.2 Å². The van der Waals surface area contributed by atoms with E-state index in [0.29, 0.717) is 17.2 Å². The lowest BCUT2D eigenvalue weighted by atomic mass is 9.98. The van der Waals surface area contributed by atoms with Gasteiger partial charge in [0.15, 0.2) is 24.0 Å². The molecule has 1 aromatic carbocycles. The largest absolute Gasteiger partial charge is 0.497 e. The first-order valence-corrected chi connectivity index (χ1v) is 9.52. The molecule has 0 aromatic heterocycles. The predicted molar refractivity (Wildman–Crippen MR) is 101 cm³/mol. The molecule has 0 spiro atoms. The van der Waals surface area contributed by atoms with E-state index in [0.717, 1.165) is 0 Å². The number of hydrogen-bond acceptors (Lipinski definition) is 8. The second-order valence-corrected chi connectivity index (χ2v) is 8.15. The van der Waals surface area contributed by atoms with Crippen molar-refractivity contribution in [3.8, 4) is 11.5 Å². The molecule has 4 rings (SSSR count). The topological polar surface area (TPSA) is 93.7 Å². The number of benzene rings is 1. The molecular weight excluding hydrogens is 382 g/mol. The fourth-order valence-corrected chi connectivity index (χ4v) is 3.93. The third-order valence-corrected chi connectivity index (χ3v) is 5.08. The summed E-state index contributed by atoms with van der Waals surface area (Å²) in [4.78, 5) is 13.1. The van der Waals surface area contributed by atoms with E-state index >= 15 is 0 Å². The van der Waals surface area contributed by atoms with Crippen molar-refractivity contribution in [3.63, 3.8) is 0 Å². The Morgan fingerprint density at radius 1 is 0.931 bits per heavy atom. The van der Waals surface area contributed by atoms with Crippen molar-refractivity contribution >= 4 is 11.6 Å². The molecule has 3 saturated heterocycles. The van der Waals surface area contributed by atoms with Crippen molar-refractivity contribution < 1.29 is 38.0 Å². The highest BCUT2D eigenvalue weighted by Crippen LogP contribution is 2.44. The Morgan fingerprint density at radius 2 is 1.59 bits per heavy atom. The lowest BCUT2D eigenvalue weighted by Crippen LogP contribution is -2.58. The van der Waals surface area contributed by atoms with Gasteiger partial charge in [-0.3, -0.25) is 4.79 Å². The summed E-state index contributed by atoms with van der Waals surface area (Å²) in [5.74, 6) is -1.03. The van der Waals surface area contributed by atoms with Crippen LogP contribution >= 0.6 is 0 Å². The third-order valence-electron chi connectivity index (χ3n) is 5.08. The molecule has 3 aliphatic rings. The van der Waals surface area contributed by atoms with Crippen molar-refractivity contribution in [1.82, 2.24) is 0 Å². The van der Waals surface area contributed by atoms with E-state index in [1.54, 1.807) is 53.0 Å².